The van der Waals surface area contributed by atoms with E-state index in [1.165, 1.54) is 18.2 Å². The van der Waals surface area contributed by atoms with Crippen LogP contribution < -0.4 is 4.74 Å². The van der Waals surface area contributed by atoms with E-state index in [1.54, 1.807) is 24.3 Å². The lowest BCUT2D eigenvalue weighted by atomic mass is 9.99. The van der Waals surface area contributed by atoms with Crippen LogP contribution in [0.4, 0.5) is 8.78 Å². The fraction of sp³-hybridized carbons (Fsp3) is 0.333. The van der Waals surface area contributed by atoms with Gasteiger partial charge in [-0.05, 0) is 72.7 Å². The average molecular weight is 598 g/mol. The van der Waals surface area contributed by atoms with Crippen LogP contribution in [0.1, 0.15) is 45.8 Å². The van der Waals surface area contributed by atoms with E-state index in [2.05, 4.69) is 20.5 Å². The fourth-order valence-electron chi connectivity index (χ4n) is 6.37. The molecule has 0 spiro atoms. The number of benzene rings is 2. The lowest BCUT2D eigenvalue weighted by molar-refractivity contribution is -0.0591. The molecule has 3 atom stereocenters. The minimum absolute atomic E-state index is 0.100. The molecule has 3 aliphatic rings. The van der Waals surface area contributed by atoms with Crippen LogP contribution in [-0.2, 0) is 24.4 Å². The van der Waals surface area contributed by atoms with Gasteiger partial charge in [0.15, 0.2) is 5.82 Å². The number of halogens is 2. The Morgan fingerprint density at radius 1 is 1.11 bits per heavy atom. The molecule has 44 heavy (non-hydrogen) atoms. The molecule has 2 aromatic heterocycles. The van der Waals surface area contributed by atoms with Gasteiger partial charge in [-0.25, -0.2) is 23.5 Å². The van der Waals surface area contributed by atoms with Gasteiger partial charge in [0.05, 0.1) is 53.1 Å². The predicted molar refractivity (Wildman–Crippen MR) is 156 cm³/mol. The summed E-state index contributed by atoms with van der Waals surface area (Å²) in [5.41, 5.74) is 3.89. The van der Waals surface area contributed by atoms with Gasteiger partial charge in [-0.3, -0.25) is 4.90 Å². The van der Waals surface area contributed by atoms with E-state index in [0.717, 1.165) is 61.0 Å². The van der Waals surface area contributed by atoms with E-state index in [-0.39, 0.29) is 35.3 Å². The molecule has 0 radical (unpaired) electrons. The molecule has 4 heterocycles. The van der Waals surface area contributed by atoms with Gasteiger partial charge < -0.3 is 19.1 Å². The van der Waals surface area contributed by atoms with E-state index in [9.17, 15) is 18.7 Å². The quantitative estimate of drug-likeness (QED) is 0.281. The second-order valence-corrected chi connectivity index (χ2v) is 11.6. The Kier molecular flexibility index (Phi) is 7.32. The molecule has 4 aromatic rings. The molecule has 11 heteroatoms. The summed E-state index contributed by atoms with van der Waals surface area (Å²) in [5.74, 6) is -0.799. The van der Waals surface area contributed by atoms with Crippen LogP contribution in [0.15, 0.2) is 54.6 Å². The minimum Gasteiger partial charge on any atom is -0.478 e. The van der Waals surface area contributed by atoms with Crippen LogP contribution in [0.3, 0.4) is 0 Å². The van der Waals surface area contributed by atoms with Crippen molar-refractivity contribution in [2.75, 3.05) is 19.7 Å². The van der Waals surface area contributed by atoms with E-state index in [4.69, 9.17) is 19.7 Å². The number of hydrogen-bond acceptors (Lipinski definition) is 7. The molecule has 2 saturated heterocycles. The number of aromatic nitrogens is 3. The summed E-state index contributed by atoms with van der Waals surface area (Å²) in [6, 6.07) is 13.9. The Balaban J connectivity index is 1.05. The molecular weight excluding hydrogens is 568 g/mol. The van der Waals surface area contributed by atoms with Gasteiger partial charge in [-0.2, -0.15) is 5.26 Å². The van der Waals surface area contributed by atoms with Crippen molar-refractivity contribution in [3.8, 4) is 11.9 Å². The minimum atomic E-state index is -0.967. The molecule has 0 bridgehead atoms. The number of aromatic carboxylic acids is 1. The molecule has 2 aliphatic heterocycles. The SMILES string of the molecule is N#Cc1ccc(COc2nc(C3=CC4CN(Cc5nc6ccc(C(=O)O)cc6n5C[C@@H]5CCO5)CC4C3)ccc2F)c(F)c1. The zero-order chi connectivity index (χ0) is 30.4. The molecule has 1 aliphatic carbocycles. The highest BCUT2D eigenvalue weighted by Crippen LogP contribution is 2.41. The predicted octanol–water partition coefficient (Wildman–Crippen LogP) is 5.18. The van der Waals surface area contributed by atoms with Crippen LogP contribution in [0.5, 0.6) is 5.88 Å². The van der Waals surface area contributed by atoms with Gasteiger partial charge >= 0.3 is 5.97 Å². The van der Waals surface area contributed by atoms with Gasteiger partial charge in [0.1, 0.15) is 18.2 Å². The van der Waals surface area contributed by atoms with Crippen LogP contribution in [0.2, 0.25) is 0 Å². The number of pyridine rings is 1. The van der Waals surface area contributed by atoms with Crippen LogP contribution >= 0.6 is 0 Å². The molecule has 7 rings (SSSR count). The Bertz CT molecular complexity index is 1840. The highest BCUT2D eigenvalue weighted by atomic mass is 19.1. The van der Waals surface area contributed by atoms with E-state index >= 15 is 0 Å². The van der Waals surface area contributed by atoms with Crippen molar-refractivity contribution in [2.45, 2.75) is 38.6 Å². The Hall–Kier alpha value is -4.66. The van der Waals surface area contributed by atoms with Crippen molar-refractivity contribution >= 4 is 22.6 Å². The molecule has 224 valence electrons. The Labute approximate surface area is 252 Å². The molecule has 2 unspecified atom stereocenters. The van der Waals surface area contributed by atoms with Crippen molar-refractivity contribution in [1.29, 1.82) is 5.26 Å². The standard InChI is InChI=1S/C33H29F2N5O4/c34-26-4-6-28(38-32(26)44-18-21-2-1-19(13-36)9-27(21)35)22-10-23-14-39(15-24(23)11-22)17-31-37-29-5-3-20(33(41)42)12-30(29)40(31)16-25-7-8-43-25/h1-6,9-10,12,23-25H,7-8,11,14-18H2,(H,41,42)/t23?,24?,25-/m0/s1. The number of allylic oxidation sites excluding steroid dienone is 1. The highest BCUT2D eigenvalue weighted by Gasteiger charge is 2.37. The van der Waals surface area contributed by atoms with Crippen molar-refractivity contribution in [3.05, 3.63) is 94.5 Å². The molecule has 1 N–H and O–H groups in total. The normalized spacial score (nSPS) is 21.1. The maximum atomic E-state index is 14.5. The third kappa shape index (κ3) is 5.42. The van der Waals surface area contributed by atoms with E-state index in [1.807, 2.05) is 6.07 Å². The van der Waals surface area contributed by atoms with Crippen molar-refractivity contribution in [1.82, 2.24) is 19.4 Å². The second-order valence-electron chi connectivity index (χ2n) is 11.6. The second kappa shape index (κ2) is 11.4. The number of fused-ring (bicyclic) bond motifs is 2. The third-order valence-electron chi connectivity index (χ3n) is 8.77. The summed E-state index contributed by atoms with van der Waals surface area (Å²) in [4.78, 5) is 23.3. The Morgan fingerprint density at radius 2 is 1.98 bits per heavy atom. The molecule has 0 saturated carbocycles. The van der Waals surface area contributed by atoms with E-state index < -0.39 is 17.6 Å². The lowest BCUT2D eigenvalue weighted by Crippen LogP contribution is -2.32. The first-order valence-electron chi connectivity index (χ1n) is 14.6. The van der Waals surface area contributed by atoms with Gasteiger partial charge in [-0.15, -0.1) is 0 Å². The highest BCUT2D eigenvalue weighted by molar-refractivity contribution is 5.92. The van der Waals surface area contributed by atoms with Crippen LogP contribution in [0.25, 0.3) is 16.6 Å². The number of likely N-dealkylation sites (tertiary alicyclic amines) is 1. The van der Waals surface area contributed by atoms with Gasteiger partial charge in [-0.1, -0.05) is 12.1 Å². The number of carboxylic acid groups (broad SMARTS) is 1. The van der Waals surface area contributed by atoms with Crippen LogP contribution in [0, 0.1) is 34.8 Å². The summed E-state index contributed by atoms with van der Waals surface area (Å²) in [7, 11) is 0. The van der Waals surface area contributed by atoms with E-state index in [0.29, 0.717) is 30.6 Å². The van der Waals surface area contributed by atoms with Gasteiger partial charge in [0.25, 0.3) is 5.88 Å². The number of imidazole rings is 1. The lowest BCUT2D eigenvalue weighted by Gasteiger charge is -2.28. The van der Waals surface area contributed by atoms with Crippen molar-refractivity contribution in [2.24, 2.45) is 11.8 Å². The smallest absolute Gasteiger partial charge is 0.335 e. The Morgan fingerprint density at radius 3 is 2.70 bits per heavy atom. The van der Waals surface area contributed by atoms with Crippen molar-refractivity contribution < 1.29 is 28.2 Å². The van der Waals surface area contributed by atoms with Gasteiger partial charge in [0.2, 0.25) is 0 Å². The number of rotatable bonds is 9. The molecule has 2 aromatic carbocycles. The number of carbonyl (C=O) groups is 1. The van der Waals surface area contributed by atoms with Crippen molar-refractivity contribution in [3.63, 3.8) is 0 Å². The number of nitrogens with zero attached hydrogens (tertiary/aromatic N) is 5. The maximum absolute atomic E-state index is 14.5. The van der Waals surface area contributed by atoms with Gasteiger partial charge in [0, 0.05) is 25.3 Å². The molecular formula is C33H29F2N5O4. The summed E-state index contributed by atoms with van der Waals surface area (Å²) in [5, 5.41) is 18.4. The summed E-state index contributed by atoms with van der Waals surface area (Å²) in [6.45, 7) is 3.50. The molecule has 0 amide bonds. The van der Waals surface area contributed by atoms with Crippen LogP contribution in [-0.4, -0.2) is 56.3 Å². The molecule has 9 nitrogen and oxygen atoms in total. The maximum Gasteiger partial charge on any atom is 0.335 e. The number of ether oxygens (including phenoxy) is 2. The zero-order valence-corrected chi connectivity index (χ0v) is 23.7. The largest absolute Gasteiger partial charge is 0.478 e. The zero-order valence-electron chi connectivity index (χ0n) is 23.7. The molecule has 2 fully saturated rings. The fourth-order valence-corrected chi connectivity index (χ4v) is 6.37. The monoisotopic (exact) mass is 597 g/mol. The summed E-state index contributed by atoms with van der Waals surface area (Å²) >= 11 is 0. The summed E-state index contributed by atoms with van der Waals surface area (Å²) in [6.07, 6.45) is 4.07. The summed E-state index contributed by atoms with van der Waals surface area (Å²) < 4.78 is 42.2. The number of carboxylic acids is 1. The topological polar surface area (TPSA) is 114 Å². The first-order valence-corrected chi connectivity index (χ1v) is 14.6. The number of nitriles is 1. The number of hydrogen-bond donors (Lipinski definition) is 1. The third-order valence-corrected chi connectivity index (χ3v) is 8.77. The average Bonchev–Trinajstić information content (AvgIpc) is 3.66. The first-order chi connectivity index (χ1) is 21.3. The first kappa shape index (κ1) is 28.1.